The summed E-state index contributed by atoms with van der Waals surface area (Å²) in [5, 5.41) is 20.4. The number of pyridine rings is 1. The van der Waals surface area contributed by atoms with Gasteiger partial charge in [-0.2, -0.15) is 10.1 Å². The van der Waals surface area contributed by atoms with Crippen LogP contribution in [0.2, 0.25) is 5.15 Å². The lowest BCUT2D eigenvalue weighted by molar-refractivity contribution is 0.570. The molecule has 8 heteroatoms. The summed E-state index contributed by atoms with van der Waals surface area (Å²) < 4.78 is 0.412. The van der Waals surface area contributed by atoms with Crippen LogP contribution in [-0.4, -0.2) is 25.2 Å². The molecule has 0 amide bonds. The molecule has 0 saturated carbocycles. The Morgan fingerprint density at radius 2 is 2.38 bits per heavy atom. The van der Waals surface area contributed by atoms with Gasteiger partial charge in [-0.05, 0) is 32.8 Å². The highest BCUT2D eigenvalue weighted by atomic mass is 79.9. The van der Waals surface area contributed by atoms with Crippen molar-refractivity contribution in [3.8, 4) is 6.07 Å². The van der Waals surface area contributed by atoms with Gasteiger partial charge in [0.15, 0.2) is 0 Å². The second-order valence-electron chi connectivity index (χ2n) is 2.88. The minimum absolute atomic E-state index is 0.194. The van der Waals surface area contributed by atoms with Crippen LogP contribution in [0.4, 0.5) is 0 Å². The van der Waals surface area contributed by atoms with Crippen LogP contribution < -0.4 is 0 Å². The van der Waals surface area contributed by atoms with Crippen molar-refractivity contribution < 1.29 is 0 Å². The normalized spacial score (nSPS) is 10.1. The van der Waals surface area contributed by atoms with E-state index in [1.54, 1.807) is 12.3 Å². The van der Waals surface area contributed by atoms with Crippen LogP contribution in [0.3, 0.4) is 0 Å². The average molecular weight is 300 g/mol. The molecule has 0 radical (unpaired) electrons. The molecule has 0 aromatic carbocycles. The lowest BCUT2D eigenvalue weighted by Gasteiger charge is -2.00. The molecule has 80 valence electrons. The summed E-state index contributed by atoms with van der Waals surface area (Å²) in [5.74, 6) is 0. The Balaban J connectivity index is 2.26. The average Bonchev–Trinajstić information content (AvgIpc) is 2.67. The van der Waals surface area contributed by atoms with Crippen molar-refractivity contribution in [2.24, 2.45) is 0 Å². The van der Waals surface area contributed by atoms with Gasteiger partial charge < -0.3 is 0 Å². The van der Waals surface area contributed by atoms with Gasteiger partial charge in [0, 0.05) is 6.20 Å². The summed E-state index contributed by atoms with van der Waals surface area (Å²) >= 11 is 8.80. The van der Waals surface area contributed by atoms with Gasteiger partial charge in [-0.1, -0.05) is 11.6 Å². The first-order valence-corrected chi connectivity index (χ1v) is 5.34. The van der Waals surface area contributed by atoms with E-state index in [2.05, 4.69) is 36.3 Å². The largest absolute Gasteiger partial charge is 0.243 e. The summed E-state index contributed by atoms with van der Waals surface area (Å²) in [4.78, 5) is 5.28. The zero-order valence-corrected chi connectivity index (χ0v) is 10.1. The van der Waals surface area contributed by atoms with Crippen LogP contribution in [0.1, 0.15) is 11.1 Å². The molecule has 0 aliphatic heterocycles. The zero-order chi connectivity index (χ0) is 11.5. The number of hydrogen-bond donors (Lipinski definition) is 0. The van der Waals surface area contributed by atoms with Crippen molar-refractivity contribution in [1.82, 2.24) is 25.2 Å². The molecule has 0 bridgehead atoms. The topological polar surface area (TPSA) is 80.3 Å². The highest BCUT2D eigenvalue weighted by Gasteiger charge is 2.05. The van der Waals surface area contributed by atoms with Crippen LogP contribution >= 0.6 is 27.5 Å². The smallest absolute Gasteiger partial charge is 0.239 e. The van der Waals surface area contributed by atoms with E-state index in [0.717, 1.165) is 5.56 Å². The van der Waals surface area contributed by atoms with Crippen molar-refractivity contribution in [3.05, 3.63) is 33.3 Å². The summed E-state index contributed by atoms with van der Waals surface area (Å²) in [7, 11) is 0. The van der Waals surface area contributed by atoms with Crippen molar-refractivity contribution in [3.63, 3.8) is 0 Å². The molecule has 2 rings (SSSR count). The van der Waals surface area contributed by atoms with E-state index in [4.69, 9.17) is 16.9 Å². The van der Waals surface area contributed by atoms with E-state index in [0.29, 0.717) is 16.8 Å². The first-order chi connectivity index (χ1) is 7.69. The third-order valence-corrected chi connectivity index (χ3v) is 2.39. The number of tetrazole rings is 1. The SMILES string of the molecule is N#Cc1cc(Cn2nnc(Br)n2)cnc1Cl. The Bertz CT molecular complexity index is 560. The molecule has 16 heavy (non-hydrogen) atoms. The molecule has 0 unspecified atom stereocenters. The van der Waals surface area contributed by atoms with Gasteiger partial charge >= 0.3 is 0 Å². The van der Waals surface area contributed by atoms with Gasteiger partial charge in [0.05, 0.1) is 12.1 Å². The molecule has 2 heterocycles. The molecule has 0 fully saturated rings. The number of nitriles is 1. The quantitative estimate of drug-likeness (QED) is 0.783. The van der Waals surface area contributed by atoms with E-state index in [1.165, 1.54) is 4.80 Å². The van der Waals surface area contributed by atoms with E-state index in [9.17, 15) is 0 Å². The predicted octanol–water partition coefficient (Wildman–Crippen LogP) is 1.40. The lowest BCUT2D eigenvalue weighted by atomic mass is 10.2. The fourth-order valence-corrected chi connectivity index (χ4v) is 1.51. The molecular weight excluding hydrogens is 295 g/mol. The molecular formula is C8H4BrClN6. The van der Waals surface area contributed by atoms with Crippen molar-refractivity contribution in [2.45, 2.75) is 6.54 Å². The summed E-state index contributed by atoms with van der Waals surface area (Å²) in [5.41, 5.74) is 1.11. The van der Waals surface area contributed by atoms with Crippen molar-refractivity contribution >= 4 is 27.5 Å². The zero-order valence-electron chi connectivity index (χ0n) is 7.80. The third-order valence-electron chi connectivity index (χ3n) is 1.77. The van der Waals surface area contributed by atoms with Crippen LogP contribution in [0.25, 0.3) is 0 Å². The molecule has 0 saturated heterocycles. The Labute approximate surface area is 104 Å². The molecule has 0 aliphatic rings. The van der Waals surface area contributed by atoms with Crippen LogP contribution in [0.5, 0.6) is 0 Å². The van der Waals surface area contributed by atoms with Gasteiger partial charge in [0.1, 0.15) is 11.2 Å². The Kier molecular flexibility index (Phi) is 3.12. The maximum absolute atomic E-state index is 8.78. The van der Waals surface area contributed by atoms with Crippen molar-refractivity contribution in [1.29, 1.82) is 5.26 Å². The minimum atomic E-state index is 0.194. The first-order valence-electron chi connectivity index (χ1n) is 4.17. The Morgan fingerprint density at radius 1 is 1.56 bits per heavy atom. The van der Waals surface area contributed by atoms with E-state index in [1.807, 2.05) is 6.07 Å². The summed E-state index contributed by atoms with van der Waals surface area (Å²) in [6.07, 6.45) is 1.57. The Hall–Kier alpha value is -1.52. The van der Waals surface area contributed by atoms with Gasteiger partial charge in [-0.3, -0.25) is 0 Å². The van der Waals surface area contributed by atoms with E-state index >= 15 is 0 Å². The highest BCUT2D eigenvalue weighted by molar-refractivity contribution is 9.10. The maximum Gasteiger partial charge on any atom is 0.239 e. The molecule has 0 aliphatic carbocycles. The number of aromatic nitrogens is 5. The van der Waals surface area contributed by atoms with Gasteiger partial charge in [-0.25, -0.2) is 4.98 Å². The molecule has 0 atom stereocenters. The second kappa shape index (κ2) is 4.55. The minimum Gasteiger partial charge on any atom is -0.243 e. The fourth-order valence-electron chi connectivity index (χ4n) is 1.11. The van der Waals surface area contributed by atoms with Crippen LogP contribution in [0, 0.1) is 11.3 Å². The molecule has 2 aromatic heterocycles. The van der Waals surface area contributed by atoms with E-state index < -0.39 is 0 Å². The first kappa shape index (κ1) is 11.0. The molecule has 0 spiro atoms. The van der Waals surface area contributed by atoms with Crippen LogP contribution in [-0.2, 0) is 6.54 Å². The molecule has 2 aromatic rings. The van der Waals surface area contributed by atoms with Gasteiger partial charge in [0.25, 0.3) is 0 Å². The third kappa shape index (κ3) is 2.35. The van der Waals surface area contributed by atoms with Gasteiger partial charge in [0.2, 0.25) is 4.73 Å². The van der Waals surface area contributed by atoms with Crippen LogP contribution in [0.15, 0.2) is 17.0 Å². The highest BCUT2D eigenvalue weighted by Crippen LogP contribution is 2.13. The van der Waals surface area contributed by atoms with E-state index in [-0.39, 0.29) is 5.15 Å². The number of nitrogens with zero attached hydrogens (tertiary/aromatic N) is 6. The monoisotopic (exact) mass is 298 g/mol. The standard InChI is InChI=1S/C8H4BrClN6/c9-8-13-15-16(14-8)4-5-1-6(2-11)7(10)12-3-5/h1,3H,4H2. The number of halogens is 2. The maximum atomic E-state index is 8.78. The lowest BCUT2D eigenvalue weighted by Crippen LogP contribution is -2.04. The molecule has 6 nitrogen and oxygen atoms in total. The molecule has 0 N–H and O–H groups in total. The van der Waals surface area contributed by atoms with Gasteiger partial charge in [-0.15, -0.1) is 10.2 Å². The number of hydrogen-bond acceptors (Lipinski definition) is 5. The van der Waals surface area contributed by atoms with Crippen molar-refractivity contribution in [2.75, 3.05) is 0 Å². The summed E-state index contributed by atoms with van der Waals surface area (Å²) in [6.45, 7) is 0.386. The summed E-state index contributed by atoms with van der Waals surface area (Å²) in [6, 6.07) is 3.60. The Morgan fingerprint density at radius 3 is 3.00 bits per heavy atom. The fraction of sp³-hybridized carbons (Fsp3) is 0.125. The second-order valence-corrected chi connectivity index (χ2v) is 3.95. The predicted molar refractivity (Wildman–Crippen MR) is 58.6 cm³/mol. The number of rotatable bonds is 2.